The lowest BCUT2D eigenvalue weighted by Crippen LogP contribution is -2.35. The number of hydrogen-bond acceptors (Lipinski definition) is 1. The molecule has 0 spiro atoms. The van der Waals surface area contributed by atoms with Crippen molar-refractivity contribution in [1.82, 2.24) is 0 Å². The molecule has 0 radical (unpaired) electrons. The summed E-state index contributed by atoms with van der Waals surface area (Å²) in [6.45, 7) is 3.23. The van der Waals surface area contributed by atoms with E-state index in [9.17, 15) is 0 Å². The van der Waals surface area contributed by atoms with Crippen molar-refractivity contribution in [2.45, 2.75) is 38.7 Å². The third kappa shape index (κ3) is 1.03. The van der Waals surface area contributed by atoms with Gasteiger partial charge in [-0.1, -0.05) is 11.6 Å². The summed E-state index contributed by atoms with van der Waals surface area (Å²) >= 11 is 0. The molecule has 0 amide bonds. The van der Waals surface area contributed by atoms with Gasteiger partial charge in [-0.15, -0.1) is 0 Å². The number of rotatable bonds is 0. The van der Waals surface area contributed by atoms with Gasteiger partial charge in [-0.2, -0.15) is 0 Å². The molecular formula is C12H18O. The fourth-order valence-electron chi connectivity index (χ4n) is 3.79. The Labute approximate surface area is 80.2 Å². The molecule has 1 heteroatoms. The van der Waals surface area contributed by atoms with Gasteiger partial charge in [-0.25, -0.2) is 0 Å². The van der Waals surface area contributed by atoms with Crippen molar-refractivity contribution in [3.05, 3.63) is 11.6 Å². The lowest BCUT2D eigenvalue weighted by Gasteiger charge is -2.36. The van der Waals surface area contributed by atoms with E-state index >= 15 is 0 Å². The van der Waals surface area contributed by atoms with Gasteiger partial charge in [0, 0.05) is 6.61 Å². The van der Waals surface area contributed by atoms with Crippen molar-refractivity contribution in [3.8, 4) is 0 Å². The van der Waals surface area contributed by atoms with Crippen LogP contribution in [0, 0.1) is 17.8 Å². The summed E-state index contributed by atoms with van der Waals surface area (Å²) in [6.07, 6.45) is 8.47. The van der Waals surface area contributed by atoms with Crippen LogP contribution in [-0.4, -0.2) is 12.7 Å². The molecule has 2 saturated carbocycles. The number of ether oxygens (including phenoxy) is 1. The van der Waals surface area contributed by atoms with Crippen LogP contribution >= 0.6 is 0 Å². The third-order valence-electron chi connectivity index (χ3n) is 4.30. The molecule has 0 aromatic heterocycles. The first-order valence-corrected chi connectivity index (χ1v) is 5.67. The quantitative estimate of drug-likeness (QED) is 0.518. The molecule has 2 aliphatic carbocycles. The molecule has 3 rings (SSSR count). The Kier molecular flexibility index (Phi) is 1.76. The van der Waals surface area contributed by atoms with E-state index in [4.69, 9.17) is 4.74 Å². The Hall–Kier alpha value is -0.300. The van der Waals surface area contributed by atoms with E-state index in [1.54, 1.807) is 5.57 Å². The van der Waals surface area contributed by atoms with E-state index in [1.807, 2.05) is 0 Å². The van der Waals surface area contributed by atoms with Crippen LogP contribution in [0.5, 0.6) is 0 Å². The van der Waals surface area contributed by atoms with Gasteiger partial charge in [0.25, 0.3) is 0 Å². The molecule has 1 aliphatic heterocycles. The Morgan fingerprint density at radius 1 is 1.46 bits per heavy atom. The summed E-state index contributed by atoms with van der Waals surface area (Å²) < 4.78 is 5.90. The molecule has 1 nitrogen and oxygen atoms in total. The first-order chi connectivity index (χ1) is 6.40. The van der Waals surface area contributed by atoms with Crippen molar-refractivity contribution >= 4 is 0 Å². The van der Waals surface area contributed by atoms with E-state index in [2.05, 4.69) is 13.0 Å². The third-order valence-corrected chi connectivity index (χ3v) is 4.30. The summed E-state index contributed by atoms with van der Waals surface area (Å²) in [5.74, 6) is 2.67. The Balaban J connectivity index is 1.87. The van der Waals surface area contributed by atoms with Crippen molar-refractivity contribution in [2.24, 2.45) is 17.8 Å². The Bertz CT molecular complexity index is 244. The van der Waals surface area contributed by atoms with Gasteiger partial charge >= 0.3 is 0 Å². The van der Waals surface area contributed by atoms with Crippen LogP contribution in [0.15, 0.2) is 11.6 Å². The minimum atomic E-state index is 0.641. The highest BCUT2D eigenvalue weighted by Crippen LogP contribution is 2.55. The molecule has 4 atom stereocenters. The highest BCUT2D eigenvalue weighted by Gasteiger charge is 2.51. The average molecular weight is 178 g/mol. The molecule has 72 valence electrons. The number of allylic oxidation sites excluding steroid dienone is 2. The van der Waals surface area contributed by atoms with Crippen LogP contribution in [0.1, 0.15) is 32.6 Å². The minimum Gasteiger partial charge on any atom is -0.378 e. The summed E-state index contributed by atoms with van der Waals surface area (Å²) in [6, 6.07) is 0. The first-order valence-electron chi connectivity index (χ1n) is 5.67. The van der Waals surface area contributed by atoms with Crippen LogP contribution in [0.4, 0.5) is 0 Å². The van der Waals surface area contributed by atoms with Crippen LogP contribution in [0.2, 0.25) is 0 Å². The zero-order chi connectivity index (χ0) is 8.84. The van der Waals surface area contributed by atoms with E-state index in [1.165, 1.54) is 25.7 Å². The van der Waals surface area contributed by atoms with Gasteiger partial charge in [-0.3, -0.25) is 0 Å². The van der Waals surface area contributed by atoms with Crippen LogP contribution < -0.4 is 0 Å². The lowest BCUT2D eigenvalue weighted by atomic mass is 9.79. The smallest absolute Gasteiger partial charge is 0.0640 e. The van der Waals surface area contributed by atoms with E-state index in [0.29, 0.717) is 6.10 Å². The topological polar surface area (TPSA) is 9.23 Å². The second kappa shape index (κ2) is 2.84. The minimum absolute atomic E-state index is 0.641. The monoisotopic (exact) mass is 178 g/mol. The summed E-state index contributed by atoms with van der Waals surface area (Å²) in [7, 11) is 0. The largest absolute Gasteiger partial charge is 0.378 e. The van der Waals surface area contributed by atoms with Gasteiger partial charge in [0.2, 0.25) is 0 Å². The molecule has 0 unspecified atom stereocenters. The second-order valence-electron chi connectivity index (χ2n) is 4.81. The van der Waals surface area contributed by atoms with E-state index < -0.39 is 0 Å². The fraction of sp³-hybridized carbons (Fsp3) is 0.833. The Morgan fingerprint density at radius 2 is 2.38 bits per heavy atom. The van der Waals surface area contributed by atoms with Gasteiger partial charge in [0.1, 0.15) is 0 Å². The van der Waals surface area contributed by atoms with Gasteiger partial charge in [0.05, 0.1) is 6.10 Å². The number of hydrogen-bond donors (Lipinski definition) is 0. The van der Waals surface area contributed by atoms with Crippen LogP contribution in [0.25, 0.3) is 0 Å². The van der Waals surface area contributed by atoms with Crippen molar-refractivity contribution in [1.29, 1.82) is 0 Å². The summed E-state index contributed by atoms with van der Waals surface area (Å²) in [5.41, 5.74) is 1.73. The second-order valence-corrected chi connectivity index (χ2v) is 4.81. The molecule has 1 heterocycles. The molecule has 13 heavy (non-hydrogen) atoms. The molecular weight excluding hydrogens is 160 g/mol. The van der Waals surface area contributed by atoms with Crippen molar-refractivity contribution in [3.63, 3.8) is 0 Å². The maximum absolute atomic E-state index is 5.90. The normalized spacial score (nSPS) is 51.3. The van der Waals surface area contributed by atoms with E-state index in [-0.39, 0.29) is 0 Å². The van der Waals surface area contributed by atoms with Gasteiger partial charge in [0.15, 0.2) is 0 Å². The zero-order valence-electron chi connectivity index (χ0n) is 8.33. The average Bonchev–Trinajstić information content (AvgIpc) is 2.75. The predicted octanol–water partition coefficient (Wildman–Crippen LogP) is 2.77. The summed E-state index contributed by atoms with van der Waals surface area (Å²) in [5, 5.41) is 0. The van der Waals surface area contributed by atoms with Gasteiger partial charge < -0.3 is 4.74 Å². The molecule has 0 N–H and O–H groups in total. The molecule has 2 bridgehead atoms. The number of fused-ring (bicyclic) bond motifs is 5. The SMILES string of the molecule is C/C=C1/C[C@H]2C[C@@H]1[C@@H]1CCCO[C@H]21. The van der Waals surface area contributed by atoms with Gasteiger partial charge in [-0.05, 0) is 50.4 Å². The predicted molar refractivity (Wildman–Crippen MR) is 52.4 cm³/mol. The van der Waals surface area contributed by atoms with E-state index in [0.717, 1.165) is 24.4 Å². The van der Waals surface area contributed by atoms with Crippen LogP contribution in [-0.2, 0) is 4.74 Å². The molecule has 0 aromatic rings. The first kappa shape index (κ1) is 8.05. The van der Waals surface area contributed by atoms with Crippen molar-refractivity contribution < 1.29 is 4.74 Å². The maximum atomic E-state index is 5.90. The lowest BCUT2D eigenvalue weighted by molar-refractivity contribution is -0.0458. The summed E-state index contributed by atoms with van der Waals surface area (Å²) in [4.78, 5) is 0. The highest BCUT2D eigenvalue weighted by molar-refractivity contribution is 5.21. The highest BCUT2D eigenvalue weighted by atomic mass is 16.5. The molecule has 3 fully saturated rings. The fourth-order valence-corrected chi connectivity index (χ4v) is 3.79. The van der Waals surface area contributed by atoms with Crippen molar-refractivity contribution in [2.75, 3.05) is 6.61 Å². The Morgan fingerprint density at radius 3 is 3.23 bits per heavy atom. The maximum Gasteiger partial charge on any atom is 0.0640 e. The molecule has 3 aliphatic rings. The standard InChI is InChI=1S/C12H18O/c1-2-8-6-9-7-11(8)10-4-3-5-13-12(9)10/h2,9-12H,3-7H2,1H3/b8-2-/t9-,10-,11-,12+/m0/s1. The van der Waals surface area contributed by atoms with Crippen LogP contribution in [0.3, 0.4) is 0 Å². The molecule has 0 aromatic carbocycles. The zero-order valence-corrected chi connectivity index (χ0v) is 8.33. The molecule has 1 saturated heterocycles.